The summed E-state index contributed by atoms with van der Waals surface area (Å²) < 4.78 is 1.83. The van der Waals surface area contributed by atoms with Crippen LogP contribution in [0.5, 0.6) is 0 Å². The maximum absolute atomic E-state index is 12.9. The number of carbonyl (C=O) groups excluding carboxylic acids is 1. The van der Waals surface area contributed by atoms with E-state index in [0.717, 1.165) is 68.1 Å². The van der Waals surface area contributed by atoms with Crippen molar-refractivity contribution in [3.8, 4) is 0 Å². The fraction of sp³-hybridized carbons (Fsp3) is 0.579. The average Bonchev–Trinajstić information content (AvgIpc) is 2.89. The van der Waals surface area contributed by atoms with Crippen molar-refractivity contribution in [3.05, 3.63) is 35.5 Å². The minimum atomic E-state index is 0.112. The molecule has 0 spiro atoms. The zero-order valence-electron chi connectivity index (χ0n) is 15.9. The van der Waals surface area contributed by atoms with Gasteiger partial charge in [-0.25, -0.2) is 4.98 Å². The summed E-state index contributed by atoms with van der Waals surface area (Å²) in [6.45, 7) is 6.33. The van der Waals surface area contributed by atoms with Crippen LogP contribution in [0.3, 0.4) is 0 Å². The molecule has 1 fully saturated rings. The maximum Gasteiger partial charge on any atom is 0.257 e. The molecule has 1 aliphatic heterocycles. The van der Waals surface area contributed by atoms with Crippen LogP contribution in [0.15, 0.2) is 18.6 Å². The zero-order valence-corrected chi connectivity index (χ0v) is 15.9. The second-order valence-electron chi connectivity index (χ2n) is 6.92. The van der Waals surface area contributed by atoms with Gasteiger partial charge in [0.15, 0.2) is 0 Å². The number of aromatic nitrogens is 4. The Labute approximate surface area is 154 Å². The lowest BCUT2D eigenvalue weighted by Gasteiger charge is -2.20. The number of nitrogens with zero attached hydrogens (tertiary/aromatic N) is 5. The Bertz CT molecular complexity index is 739. The van der Waals surface area contributed by atoms with Crippen molar-refractivity contribution in [1.82, 2.24) is 24.6 Å². The van der Waals surface area contributed by atoms with Crippen molar-refractivity contribution in [2.45, 2.75) is 46.1 Å². The van der Waals surface area contributed by atoms with E-state index in [2.05, 4.69) is 20.4 Å². The molecule has 3 heterocycles. The molecule has 0 aliphatic carbocycles. The van der Waals surface area contributed by atoms with Crippen molar-refractivity contribution < 1.29 is 4.79 Å². The Morgan fingerprint density at radius 2 is 2.12 bits per heavy atom. The van der Waals surface area contributed by atoms with Crippen LogP contribution in [0.25, 0.3) is 0 Å². The van der Waals surface area contributed by atoms with Crippen LogP contribution in [-0.2, 0) is 13.0 Å². The average molecular weight is 356 g/mol. The molecule has 2 aromatic heterocycles. The number of amides is 1. The smallest absolute Gasteiger partial charge is 0.257 e. The third kappa shape index (κ3) is 4.20. The molecule has 3 rings (SSSR count). The molecule has 1 saturated heterocycles. The molecule has 26 heavy (non-hydrogen) atoms. The van der Waals surface area contributed by atoms with Crippen molar-refractivity contribution in [1.29, 1.82) is 0 Å². The quantitative estimate of drug-likeness (QED) is 0.891. The van der Waals surface area contributed by atoms with Crippen molar-refractivity contribution in [2.75, 3.05) is 25.5 Å². The molecular formula is C19H28N6O. The molecule has 0 bridgehead atoms. The lowest BCUT2D eigenvalue weighted by atomic mass is 9.95. The SMILES string of the molecule is CCn1cc(C(=O)N2CCC[C@@H](Cc3cnc(NC)cn3)CC2)c(C)n1. The van der Waals surface area contributed by atoms with E-state index in [1.807, 2.05) is 42.9 Å². The van der Waals surface area contributed by atoms with E-state index in [9.17, 15) is 4.79 Å². The number of carbonyl (C=O) groups is 1. The highest BCUT2D eigenvalue weighted by Gasteiger charge is 2.24. The summed E-state index contributed by atoms with van der Waals surface area (Å²) in [5, 5.41) is 7.39. The Balaban J connectivity index is 1.60. The number of rotatable bonds is 5. The molecule has 7 nitrogen and oxygen atoms in total. The highest BCUT2D eigenvalue weighted by Crippen LogP contribution is 2.23. The number of hydrogen-bond acceptors (Lipinski definition) is 5. The summed E-state index contributed by atoms with van der Waals surface area (Å²) in [4.78, 5) is 23.7. The van der Waals surface area contributed by atoms with Gasteiger partial charge in [0, 0.05) is 32.9 Å². The summed E-state index contributed by atoms with van der Waals surface area (Å²) in [6, 6.07) is 0. The fourth-order valence-electron chi connectivity index (χ4n) is 3.52. The normalized spacial score (nSPS) is 17.8. The van der Waals surface area contributed by atoms with E-state index in [-0.39, 0.29) is 5.91 Å². The van der Waals surface area contributed by atoms with E-state index in [1.54, 1.807) is 6.20 Å². The first-order valence-corrected chi connectivity index (χ1v) is 9.42. The topological polar surface area (TPSA) is 75.9 Å². The highest BCUT2D eigenvalue weighted by atomic mass is 16.2. The number of anilines is 1. The minimum Gasteiger partial charge on any atom is -0.372 e. The van der Waals surface area contributed by atoms with Crippen LogP contribution >= 0.6 is 0 Å². The summed E-state index contributed by atoms with van der Waals surface area (Å²) in [5.41, 5.74) is 2.57. The Hall–Kier alpha value is -2.44. The standard InChI is InChI=1S/C19H28N6O/c1-4-25-13-17(14(2)23-25)19(26)24-8-5-6-15(7-9-24)10-16-11-22-18(20-3)12-21-16/h11-13,15H,4-10H2,1-3H3,(H,20,22)/t15-/m1/s1. The molecule has 0 saturated carbocycles. The van der Waals surface area contributed by atoms with Crippen molar-refractivity contribution in [2.24, 2.45) is 5.92 Å². The highest BCUT2D eigenvalue weighted by molar-refractivity contribution is 5.95. The van der Waals surface area contributed by atoms with Gasteiger partial charge in [-0.3, -0.25) is 14.5 Å². The van der Waals surface area contributed by atoms with E-state index >= 15 is 0 Å². The van der Waals surface area contributed by atoms with Gasteiger partial charge in [0.25, 0.3) is 5.91 Å². The first-order chi connectivity index (χ1) is 12.6. The summed E-state index contributed by atoms with van der Waals surface area (Å²) >= 11 is 0. The monoisotopic (exact) mass is 356 g/mol. The van der Waals surface area contributed by atoms with Crippen LogP contribution in [0.2, 0.25) is 0 Å². The van der Waals surface area contributed by atoms with Gasteiger partial charge in [0.05, 0.1) is 29.3 Å². The van der Waals surface area contributed by atoms with Gasteiger partial charge < -0.3 is 10.2 Å². The van der Waals surface area contributed by atoms with Gasteiger partial charge in [0.1, 0.15) is 5.82 Å². The lowest BCUT2D eigenvalue weighted by molar-refractivity contribution is 0.0759. The summed E-state index contributed by atoms with van der Waals surface area (Å²) in [5.74, 6) is 1.44. The van der Waals surface area contributed by atoms with Gasteiger partial charge in [-0.15, -0.1) is 0 Å². The summed E-state index contributed by atoms with van der Waals surface area (Å²) in [6.07, 6.45) is 9.57. The van der Waals surface area contributed by atoms with E-state index in [0.29, 0.717) is 5.92 Å². The van der Waals surface area contributed by atoms with E-state index < -0.39 is 0 Å². The molecule has 1 atom stereocenters. The molecule has 0 unspecified atom stereocenters. The Morgan fingerprint density at radius 3 is 2.77 bits per heavy atom. The van der Waals surface area contributed by atoms with Gasteiger partial charge >= 0.3 is 0 Å². The van der Waals surface area contributed by atoms with E-state index in [1.165, 1.54) is 0 Å². The third-order valence-corrected chi connectivity index (χ3v) is 5.09. The third-order valence-electron chi connectivity index (χ3n) is 5.09. The molecule has 2 aromatic rings. The number of aryl methyl sites for hydroxylation is 2. The second-order valence-corrected chi connectivity index (χ2v) is 6.92. The van der Waals surface area contributed by atoms with Gasteiger partial charge in [-0.05, 0) is 45.4 Å². The van der Waals surface area contributed by atoms with Gasteiger partial charge in [0.2, 0.25) is 0 Å². The molecule has 1 amide bonds. The van der Waals surface area contributed by atoms with Crippen LogP contribution in [-0.4, -0.2) is 50.7 Å². The molecule has 0 aromatic carbocycles. The molecule has 140 valence electrons. The van der Waals surface area contributed by atoms with Crippen LogP contribution in [0, 0.1) is 12.8 Å². The van der Waals surface area contributed by atoms with Crippen molar-refractivity contribution in [3.63, 3.8) is 0 Å². The predicted octanol–water partition coefficient (Wildman–Crippen LogP) is 2.53. The fourth-order valence-corrected chi connectivity index (χ4v) is 3.52. The number of nitrogens with one attached hydrogen (secondary N) is 1. The number of hydrogen-bond donors (Lipinski definition) is 1. The molecule has 1 N–H and O–H groups in total. The largest absolute Gasteiger partial charge is 0.372 e. The predicted molar refractivity (Wildman–Crippen MR) is 101 cm³/mol. The molecule has 1 aliphatic rings. The van der Waals surface area contributed by atoms with E-state index in [4.69, 9.17) is 0 Å². The first kappa shape index (κ1) is 18.4. The number of likely N-dealkylation sites (tertiary alicyclic amines) is 1. The lowest BCUT2D eigenvalue weighted by Crippen LogP contribution is -2.32. The first-order valence-electron chi connectivity index (χ1n) is 9.42. The second kappa shape index (κ2) is 8.29. The van der Waals surface area contributed by atoms with Gasteiger partial charge in [-0.2, -0.15) is 5.10 Å². The minimum absolute atomic E-state index is 0.112. The maximum atomic E-state index is 12.9. The zero-order chi connectivity index (χ0) is 18.5. The molecule has 0 radical (unpaired) electrons. The summed E-state index contributed by atoms with van der Waals surface area (Å²) in [7, 11) is 1.84. The van der Waals surface area contributed by atoms with Crippen LogP contribution in [0.4, 0.5) is 5.82 Å². The van der Waals surface area contributed by atoms with Crippen LogP contribution < -0.4 is 5.32 Å². The van der Waals surface area contributed by atoms with Crippen molar-refractivity contribution >= 4 is 11.7 Å². The Kier molecular flexibility index (Phi) is 5.85. The van der Waals surface area contributed by atoms with Gasteiger partial charge in [-0.1, -0.05) is 0 Å². The molecule has 7 heteroatoms. The molecular weight excluding hydrogens is 328 g/mol. The Morgan fingerprint density at radius 1 is 1.27 bits per heavy atom. The van der Waals surface area contributed by atoms with Crippen LogP contribution in [0.1, 0.15) is 47.9 Å².